The molecule has 0 aliphatic carbocycles. The summed E-state index contributed by atoms with van der Waals surface area (Å²) in [4.78, 5) is 18.9. The van der Waals surface area contributed by atoms with E-state index >= 15 is 0 Å². The van der Waals surface area contributed by atoms with Crippen LogP contribution in [-0.2, 0) is 4.79 Å². The fourth-order valence-corrected chi connectivity index (χ4v) is 2.79. The van der Waals surface area contributed by atoms with Gasteiger partial charge < -0.3 is 20.9 Å². The number of aliphatic imine (C=N–C) groups is 1. The molecule has 0 unspecified atom stereocenters. The summed E-state index contributed by atoms with van der Waals surface area (Å²) >= 11 is 0. The summed E-state index contributed by atoms with van der Waals surface area (Å²) in [5.41, 5.74) is -0.460. The number of piperidine rings is 1. The first kappa shape index (κ1) is 23.4. The fraction of sp³-hybridized carbons (Fsp3) is 0.882. The molecule has 24 heavy (non-hydrogen) atoms. The predicted molar refractivity (Wildman–Crippen MR) is 112 cm³/mol. The van der Waals surface area contributed by atoms with Crippen LogP contribution in [0.4, 0.5) is 0 Å². The molecule has 142 valence electrons. The molecule has 0 aromatic rings. The van der Waals surface area contributed by atoms with Crippen molar-refractivity contribution in [2.24, 2.45) is 10.4 Å². The highest BCUT2D eigenvalue weighted by atomic mass is 127. The van der Waals surface area contributed by atoms with Gasteiger partial charge in [-0.05, 0) is 46.6 Å². The lowest BCUT2D eigenvalue weighted by molar-refractivity contribution is -0.128. The summed E-state index contributed by atoms with van der Waals surface area (Å²) in [6.45, 7) is 12.8. The van der Waals surface area contributed by atoms with E-state index in [-0.39, 0.29) is 29.9 Å². The zero-order chi connectivity index (χ0) is 17.3. The number of hydrogen-bond donors (Lipinski definition) is 3. The van der Waals surface area contributed by atoms with E-state index in [1.807, 2.05) is 20.8 Å². The molecule has 0 bridgehead atoms. The van der Waals surface area contributed by atoms with E-state index in [2.05, 4.69) is 32.8 Å². The highest BCUT2D eigenvalue weighted by molar-refractivity contribution is 14.0. The average molecular weight is 453 g/mol. The molecule has 1 saturated heterocycles. The van der Waals surface area contributed by atoms with Gasteiger partial charge in [-0.15, -0.1) is 24.0 Å². The molecule has 0 aromatic heterocycles. The number of amides is 1. The molecule has 0 radical (unpaired) electrons. The summed E-state index contributed by atoms with van der Waals surface area (Å²) in [6.07, 6.45) is 3.50. The second-order valence-electron chi connectivity index (χ2n) is 6.93. The van der Waals surface area contributed by atoms with Crippen molar-refractivity contribution in [3.63, 3.8) is 0 Å². The zero-order valence-electron chi connectivity index (χ0n) is 15.9. The lowest BCUT2D eigenvalue weighted by atomic mass is 9.92. The smallest absolute Gasteiger partial charge is 0.227 e. The average Bonchev–Trinajstić information content (AvgIpc) is 2.53. The highest BCUT2D eigenvalue weighted by Crippen LogP contribution is 2.14. The first-order chi connectivity index (χ1) is 10.9. The number of likely N-dealkylation sites (tertiary alicyclic amines) is 1. The summed E-state index contributed by atoms with van der Waals surface area (Å²) in [7, 11) is 1.78. The number of rotatable bonds is 7. The van der Waals surface area contributed by atoms with Crippen molar-refractivity contribution in [1.82, 2.24) is 20.9 Å². The van der Waals surface area contributed by atoms with Gasteiger partial charge in [0.05, 0.1) is 5.41 Å². The van der Waals surface area contributed by atoms with Crippen LogP contribution >= 0.6 is 24.0 Å². The number of carbonyl (C=O) groups is 1. The molecule has 1 rings (SSSR count). The van der Waals surface area contributed by atoms with Crippen molar-refractivity contribution in [3.05, 3.63) is 0 Å². The number of hydrogen-bond acceptors (Lipinski definition) is 3. The van der Waals surface area contributed by atoms with Crippen molar-refractivity contribution in [1.29, 1.82) is 0 Å². The van der Waals surface area contributed by atoms with Crippen LogP contribution in [0.1, 0.15) is 47.0 Å². The largest absolute Gasteiger partial charge is 0.356 e. The number of halogens is 1. The van der Waals surface area contributed by atoms with Gasteiger partial charge in [-0.25, -0.2) is 0 Å². The van der Waals surface area contributed by atoms with Gasteiger partial charge in [-0.3, -0.25) is 9.79 Å². The van der Waals surface area contributed by atoms with Gasteiger partial charge in [0, 0.05) is 39.3 Å². The van der Waals surface area contributed by atoms with E-state index in [4.69, 9.17) is 0 Å². The highest BCUT2D eigenvalue weighted by Gasteiger charge is 2.27. The van der Waals surface area contributed by atoms with Crippen LogP contribution in [0.2, 0.25) is 0 Å². The third kappa shape index (κ3) is 8.00. The molecule has 6 nitrogen and oxygen atoms in total. The number of nitrogens with zero attached hydrogens (tertiary/aromatic N) is 2. The second kappa shape index (κ2) is 11.9. The molecule has 0 spiro atoms. The lowest BCUT2D eigenvalue weighted by Gasteiger charge is -2.33. The maximum absolute atomic E-state index is 12.0. The predicted octanol–water partition coefficient (Wildman–Crippen LogP) is 1.81. The van der Waals surface area contributed by atoms with Gasteiger partial charge in [0.15, 0.2) is 5.96 Å². The maximum atomic E-state index is 12.0. The molecular formula is C17H36IN5O. The Morgan fingerprint density at radius 1 is 1.21 bits per heavy atom. The third-order valence-corrected chi connectivity index (χ3v) is 4.34. The van der Waals surface area contributed by atoms with E-state index in [1.54, 1.807) is 7.05 Å². The minimum absolute atomic E-state index is 0. The minimum Gasteiger partial charge on any atom is -0.356 e. The van der Waals surface area contributed by atoms with E-state index in [1.165, 1.54) is 13.0 Å². The van der Waals surface area contributed by atoms with Crippen molar-refractivity contribution in [2.45, 2.75) is 53.0 Å². The summed E-state index contributed by atoms with van der Waals surface area (Å²) in [6, 6.07) is 0.460. The van der Waals surface area contributed by atoms with E-state index in [0.717, 1.165) is 31.9 Å². The van der Waals surface area contributed by atoms with Crippen molar-refractivity contribution >= 4 is 35.8 Å². The summed E-state index contributed by atoms with van der Waals surface area (Å²) in [5, 5.41) is 9.67. The minimum atomic E-state index is -0.460. The Labute approximate surface area is 164 Å². The number of carbonyl (C=O) groups excluding carboxylic acids is 1. The van der Waals surface area contributed by atoms with Crippen LogP contribution < -0.4 is 16.0 Å². The Balaban J connectivity index is 0.00000529. The molecule has 0 saturated carbocycles. The fourth-order valence-electron chi connectivity index (χ4n) is 2.79. The Bertz CT molecular complexity index is 392. The van der Waals surface area contributed by atoms with Crippen LogP contribution in [0.15, 0.2) is 4.99 Å². The number of guanidine groups is 1. The standard InChI is InChI=1S/C17H35N5O.HI/c1-6-10-22-11-8-14(9-12-22)21-16(18-5)20-13-17(3,4)15(23)19-7-2;/h14H,6-13H2,1-5H3,(H,19,23)(H2,18,20,21);1H. The Kier molecular flexibility index (Phi) is 11.6. The second-order valence-corrected chi connectivity index (χ2v) is 6.93. The lowest BCUT2D eigenvalue weighted by Crippen LogP contribution is -2.52. The van der Waals surface area contributed by atoms with Crippen LogP contribution in [0.3, 0.4) is 0 Å². The van der Waals surface area contributed by atoms with Gasteiger partial charge in [0.2, 0.25) is 5.91 Å². The quantitative estimate of drug-likeness (QED) is 0.313. The van der Waals surface area contributed by atoms with Crippen molar-refractivity contribution < 1.29 is 4.79 Å². The van der Waals surface area contributed by atoms with Gasteiger partial charge >= 0.3 is 0 Å². The Morgan fingerprint density at radius 3 is 2.33 bits per heavy atom. The summed E-state index contributed by atoms with van der Waals surface area (Å²) < 4.78 is 0. The molecule has 7 heteroatoms. The molecule has 1 aliphatic rings. The molecular weight excluding hydrogens is 417 g/mol. The molecule has 0 aromatic carbocycles. The third-order valence-electron chi connectivity index (χ3n) is 4.34. The van der Waals surface area contributed by atoms with Crippen molar-refractivity contribution in [2.75, 3.05) is 39.8 Å². The zero-order valence-corrected chi connectivity index (χ0v) is 18.3. The van der Waals surface area contributed by atoms with Gasteiger partial charge in [-0.2, -0.15) is 0 Å². The first-order valence-corrected chi connectivity index (χ1v) is 8.90. The van der Waals surface area contributed by atoms with Crippen LogP contribution in [0.25, 0.3) is 0 Å². The van der Waals surface area contributed by atoms with Gasteiger partial charge in [-0.1, -0.05) is 6.92 Å². The molecule has 1 amide bonds. The van der Waals surface area contributed by atoms with Crippen LogP contribution in [0, 0.1) is 5.41 Å². The SMILES string of the molecule is CCCN1CCC(NC(=NC)NCC(C)(C)C(=O)NCC)CC1.I. The van der Waals surface area contributed by atoms with Crippen LogP contribution in [0.5, 0.6) is 0 Å². The molecule has 3 N–H and O–H groups in total. The number of nitrogens with one attached hydrogen (secondary N) is 3. The normalized spacial score (nSPS) is 17.1. The Morgan fingerprint density at radius 2 is 1.83 bits per heavy atom. The van der Waals surface area contributed by atoms with Gasteiger partial charge in [0.25, 0.3) is 0 Å². The summed E-state index contributed by atoms with van der Waals surface area (Å²) in [5.74, 6) is 0.854. The molecule has 0 atom stereocenters. The van der Waals surface area contributed by atoms with Crippen LogP contribution in [-0.4, -0.2) is 62.6 Å². The monoisotopic (exact) mass is 453 g/mol. The van der Waals surface area contributed by atoms with E-state index in [0.29, 0.717) is 19.1 Å². The molecule has 1 heterocycles. The molecule has 1 fully saturated rings. The van der Waals surface area contributed by atoms with Crippen molar-refractivity contribution in [3.8, 4) is 0 Å². The molecule has 1 aliphatic heterocycles. The maximum Gasteiger partial charge on any atom is 0.227 e. The van der Waals surface area contributed by atoms with E-state index < -0.39 is 5.41 Å². The topological polar surface area (TPSA) is 68.8 Å². The first-order valence-electron chi connectivity index (χ1n) is 8.90. The van der Waals surface area contributed by atoms with E-state index in [9.17, 15) is 4.79 Å². The Hall–Kier alpha value is -0.570. The van der Waals surface area contributed by atoms with Gasteiger partial charge in [0.1, 0.15) is 0 Å².